The molecule has 0 saturated heterocycles. The van der Waals surface area contributed by atoms with Crippen LogP contribution in [0.1, 0.15) is 12.0 Å². The van der Waals surface area contributed by atoms with Crippen LogP contribution < -0.4 is 0 Å². The monoisotopic (exact) mass is 310 g/mol. The lowest BCUT2D eigenvalue weighted by atomic mass is 10.2. The Kier molecular flexibility index (Phi) is 5.37. The van der Waals surface area contributed by atoms with E-state index in [1.807, 2.05) is 30.8 Å². The largest absolute Gasteiger partial charge is 0.481 e. The minimum atomic E-state index is -0.811. The average Bonchev–Trinajstić information content (AvgIpc) is 2.77. The van der Waals surface area contributed by atoms with Gasteiger partial charge in [-0.3, -0.25) is 4.79 Å². The lowest BCUT2D eigenvalue weighted by Crippen LogP contribution is -2.04. The van der Waals surface area contributed by atoms with Crippen molar-refractivity contribution in [3.05, 3.63) is 23.8 Å². The van der Waals surface area contributed by atoms with E-state index in [0.29, 0.717) is 0 Å². The number of aromatic nitrogens is 2. The zero-order valence-corrected chi connectivity index (χ0v) is 13.3. The van der Waals surface area contributed by atoms with Crippen LogP contribution in [0.3, 0.4) is 0 Å². The van der Waals surface area contributed by atoms with Gasteiger partial charge in [0.1, 0.15) is 0 Å². The number of carboxylic acid groups (broad SMARTS) is 1. The molecule has 0 aliphatic carbocycles. The predicted octanol–water partition coefficient (Wildman–Crippen LogP) is 3.27. The van der Waals surface area contributed by atoms with Gasteiger partial charge >= 0.3 is 5.97 Å². The SMILES string of the molecule is CSCCCn1c(SCC(=O)O)nc2c(C)cccc21. The van der Waals surface area contributed by atoms with Crippen LogP contribution in [-0.2, 0) is 11.3 Å². The number of hydrogen-bond acceptors (Lipinski definition) is 4. The smallest absolute Gasteiger partial charge is 0.313 e. The van der Waals surface area contributed by atoms with Crippen LogP contribution in [0.25, 0.3) is 11.0 Å². The molecule has 0 unspecified atom stereocenters. The molecule has 6 heteroatoms. The highest BCUT2D eigenvalue weighted by molar-refractivity contribution is 7.99. The number of aryl methyl sites for hydroxylation is 2. The van der Waals surface area contributed by atoms with E-state index in [9.17, 15) is 4.79 Å². The first-order valence-electron chi connectivity index (χ1n) is 6.43. The van der Waals surface area contributed by atoms with Crippen LogP contribution in [0, 0.1) is 6.92 Å². The van der Waals surface area contributed by atoms with Crippen molar-refractivity contribution in [2.24, 2.45) is 0 Å². The van der Waals surface area contributed by atoms with E-state index in [1.165, 1.54) is 11.8 Å². The van der Waals surface area contributed by atoms with E-state index < -0.39 is 5.97 Å². The molecule has 0 bridgehead atoms. The van der Waals surface area contributed by atoms with Crippen molar-refractivity contribution in [2.45, 2.75) is 25.0 Å². The average molecular weight is 310 g/mol. The van der Waals surface area contributed by atoms with E-state index >= 15 is 0 Å². The van der Waals surface area contributed by atoms with Gasteiger partial charge in [-0.1, -0.05) is 23.9 Å². The first-order valence-corrected chi connectivity index (χ1v) is 8.81. The highest BCUT2D eigenvalue weighted by atomic mass is 32.2. The van der Waals surface area contributed by atoms with Crippen molar-refractivity contribution in [3.8, 4) is 0 Å². The first kappa shape index (κ1) is 15.3. The van der Waals surface area contributed by atoms with Crippen molar-refractivity contribution in [2.75, 3.05) is 17.8 Å². The zero-order valence-electron chi connectivity index (χ0n) is 11.6. The van der Waals surface area contributed by atoms with Crippen molar-refractivity contribution >= 4 is 40.5 Å². The second kappa shape index (κ2) is 7.04. The third kappa shape index (κ3) is 3.49. The van der Waals surface area contributed by atoms with Crippen molar-refractivity contribution in [3.63, 3.8) is 0 Å². The van der Waals surface area contributed by atoms with E-state index in [0.717, 1.165) is 40.5 Å². The molecule has 0 aliphatic rings. The van der Waals surface area contributed by atoms with E-state index in [4.69, 9.17) is 5.11 Å². The Labute approximate surface area is 127 Å². The quantitative estimate of drug-likeness (QED) is 0.628. The number of rotatable bonds is 7. The van der Waals surface area contributed by atoms with Gasteiger partial charge in [-0.15, -0.1) is 0 Å². The van der Waals surface area contributed by atoms with Gasteiger partial charge in [0.15, 0.2) is 5.16 Å². The summed E-state index contributed by atoms with van der Waals surface area (Å²) in [4.78, 5) is 15.4. The van der Waals surface area contributed by atoms with Crippen LogP contribution in [0.2, 0.25) is 0 Å². The maximum atomic E-state index is 10.8. The Morgan fingerprint density at radius 2 is 2.25 bits per heavy atom. The number of nitrogens with zero attached hydrogens (tertiary/aromatic N) is 2. The molecule has 1 aromatic heterocycles. The number of carbonyl (C=O) groups is 1. The number of benzene rings is 1. The molecule has 1 N–H and O–H groups in total. The van der Waals surface area contributed by atoms with Gasteiger partial charge in [0.25, 0.3) is 0 Å². The Balaban J connectivity index is 2.34. The summed E-state index contributed by atoms with van der Waals surface area (Å²) in [6, 6.07) is 6.11. The molecule has 1 aromatic carbocycles. The van der Waals surface area contributed by atoms with Crippen LogP contribution in [0.15, 0.2) is 23.4 Å². The number of imidazole rings is 1. The third-order valence-electron chi connectivity index (χ3n) is 3.00. The highest BCUT2D eigenvalue weighted by Crippen LogP contribution is 2.26. The maximum Gasteiger partial charge on any atom is 0.313 e. The minimum Gasteiger partial charge on any atom is -0.481 e. The first-order chi connectivity index (χ1) is 9.63. The summed E-state index contributed by atoms with van der Waals surface area (Å²) in [6.07, 6.45) is 3.15. The molecule has 108 valence electrons. The fraction of sp³-hybridized carbons (Fsp3) is 0.429. The van der Waals surface area contributed by atoms with E-state index in [2.05, 4.69) is 21.9 Å². The molecule has 0 fully saturated rings. The van der Waals surface area contributed by atoms with Crippen LogP contribution in [0.4, 0.5) is 0 Å². The summed E-state index contributed by atoms with van der Waals surface area (Å²) in [5.41, 5.74) is 3.20. The Morgan fingerprint density at radius 3 is 2.95 bits per heavy atom. The summed E-state index contributed by atoms with van der Waals surface area (Å²) in [5.74, 6) is 0.328. The van der Waals surface area contributed by atoms with Crippen molar-refractivity contribution in [1.82, 2.24) is 9.55 Å². The second-order valence-corrected chi connectivity index (χ2v) is 6.45. The van der Waals surface area contributed by atoms with Gasteiger partial charge < -0.3 is 9.67 Å². The number of aliphatic carboxylic acids is 1. The van der Waals surface area contributed by atoms with Gasteiger partial charge in [0.2, 0.25) is 0 Å². The molecule has 0 amide bonds. The lowest BCUT2D eigenvalue weighted by Gasteiger charge is -2.07. The van der Waals surface area contributed by atoms with Gasteiger partial charge in [0, 0.05) is 6.54 Å². The minimum absolute atomic E-state index is 0.0465. The number of hydrogen-bond donors (Lipinski definition) is 1. The highest BCUT2D eigenvalue weighted by Gasteiger charge is 2.13. The van der Waals surface area contributed by atoms with Crippen LogP contribution in [-0.4, -0.2) is 38.4 Å². The van der Waals surface area contributed by atoms with Crippen LogP contribution >= 0.6 is 23.5 Å². The van der Waals surface area contributed by atoms with Gasteiger partial charge in [-0.25, -0.2) is 4.98 Å². The van der Waals surface area contributed by atoms with Crippen molar-refractivity contribution < 1.29 is 9.90 Å². The molecule has 0 spiro atoms. The molecule has 0 radical (unpaired) electrons. The third-order valence-corrected chi connectivity index (χ3v) is 4.66. The second-order valence-electron chi connectivity index (χ2n) is 4.52. The normalized spacial score (nSPS) is 11.1. The molecule has 2 aromatic rings. The molecule has 20 heavy (non-hydrogen) atoms. The summed E-state index contributed by atoms with van der Waals surface area (Å²) < 4.78 is 2.14. The van der Waals surface area contributed by atoms with E-state index in [-0.39, 0.29) is 5.75 Å². The van der Waals surface area contributed by atoms with Crippen LogP contribution in [0.5, 0.6) is 0 Å². The molecule has 2 rings (SSSR count). The summed E-state index contributed by atoms with van der Waals surface area (Å²) in [7, 11) is 0. The Morgan fingerprint density at radius 1 is 1.45 bits per heavy atom. The Hall–Kier alpha value is -1.14. The number of para-hydroxylation sites is 1. The lowest BCUT2D eigenvalue weighted by molar-refractivity contribution is -0.133. The molecule has 0 saturated carbocycles. The van der Waals surface area contributed by atoms with Gasteiger partial charge in [0.05, 0.1) is 16.8 Å². The summed E-state index contributed by atoms with van der Waals surface area (Å²) in [5, 5.41) is 9.65. The zero-order chi connectivity index (χ0) is 14.5. The molecule has 1 heterocycles. The van der Waals surface area contributed by atoms with Crippen molar-refractivity contribution in [1.29, 1.82) is 0 Å². The van der Waals surface area contributed by atoms with Gasteiger partial charge in [-0.05, 0) is 37.0 Å². The molecule has 0 aliphatic heterocycles. The molecular weight excluding hydrogens is 292 g/mol. The number of carboxylic acids is 1. The summed E-state index contributed by atoms with van der Waals surface area (Å²) in [6.45, 7) is 2.91. The molecule has 0 atom stereocenters. The number of fused-ring (bicyclic) bond motifs is 1. The molecular formula is C14H18N2O2S2. The fourth-order valence-corrected chi connectivity index (χ4v) is 3.26. The standard InChI is InChI=1S/C14H18N2O2S2/c1-10-5-3-6-11-13(10)15-14(20-9-12(17)18)16(11)7-4-8-19-2/h3,5-6H,4,7-9H2,1-2H3,(H,17,18). The number of thioether (sulfide) groups is 2. The molecule has 4 nitrogen and oxygen atoms in total. The van der Waals surface area contributed by atoms with E-state index in [1.54, 1.807) is 0 Å². The Bertz CT molecular complexity index is 610. The maximum absolute atomic E-state index is 10.8. The topological polar surface area (TPSA) is 55.1 Å². The summed E-state index contributed by atoms with van der Waals surface area (Å²) >= 11 is 3.11. The predicted molar refractivity (Wildman–Crippen MR) is 85.8 cm³/mol. The van der Waals surface area contributed by atoms with Gasteiger partial charge in [-0.2, -0.15) is 11.8 Å². The fourth-order valence-electron chi connectivity index (χ4n) is 2.09.